The third-order valence-electron chi connectivity index (χ3n) is 4.33. The first-order chi connectivity index (χ1) is 13.4. The zero-order chi connectivity index (χ0) is 20.5. The molecule has 2 atom stereocenters. The van der Waals surface area contributed by atoms with Gasteiger partial charge in [-0.3, -0.25) is 0 Å². The molecule has 0 saturated heterocycles. The third-order valence-corrected chi connectivity index (χ3v) is 4.33. The SMILES string of the molecule is CC(C)CN(CC(O)C(=O)O)C(=O)N[C@@H](Cc1ccccc1)c1ccccc1. The number of carboxylic acid groups (broad SMARTS) is 1. The molecule has 2 aromatic carbocycles. The molecule has 6 heteroatoms. The van der Waals surface area contributed by atoms with E-state index in [1.165, 1.54) is 4.90 Å². The number of aliphatic hydroxyl groups is 1. The molecular weight excluding hydrogens is 356 g/mol. The van der Waals surface area contributed by atoms with E-state index in [2.05, 4.69) is 5.32 Å². The van der Waals surface area contributed by atoms with Crippen LogP contribution >= 0.6 is 0 Å². The summed E-state index contributed by atoms with van der Waals surface area (Å²) in [5.41, 5.74) is 2.04. The molecule has 28 heavy (non-hydrogen) atoms. The second-order valence-corrected chi connectivity index (χ2v) is 7.26. The average Bonchev–Trinajstić information content (AvgIpc) is 2.68. The summed E-state index contributed by atoms with van der Waals surface area (Å²) in [4.78, 5) is 25.3. The number of urea groups is 1. The topological polar surface area (TPSA) is 89.9 Å². The Labute approximate surface area is 165 Å². The van der Waals surface area contributed by atoms with Crippen molar-refractivity contribution in [2.75, 3.05) is 13.1 Å². The summed E-state index contributed by atoms with van der Waals surface area (Å²) in [5, 5.41) is 21.7. The number of nitrogens with zero attached hydrogens (tertiary/aromatic N) is 1. The summed E-state index contributed by atoms with van der Waals surface area (Å²) in [5.74, 6) is -1.21. The Morgan fingerprint density at radius 1 is 0.964 bits per heavy atom. The Morgan fingerprint density at radius 3 is 2.07 bits per heavy atom. The van der Waals surface area contributed by atoms with Crippen LogP contribution in [-0.2, 0) is 11.2 Å². The number of carbonyl (C=O) groups excluding carboxylic acids is 1. The highest BCUT2D eigenvalue weighted by Crippen LogP contribution is 2.19. The van der Waals surface area contributed by atoms with Crippen molar-refractivity contribution in [1.82, 2.24) is 10.2 Å². The summed E-state index contributed by atoms with van der Waals surface area (Å²) >= 11 is 0. The Kier molecular flexibility index (Phi) is 8.02. The number of hydrogen-bond acceptors (Lipinski definition) is 3. The van der Waals surface area contributed by atoms with Gasteiger partial charge in [-0.25, -0.2) is 9.59 Å². The molecule has 3 N–H and O–H groups in total. The van der Waals surface area contributed by atoms with Gasteiger partial charge in [-0.15, -0.1) is 0 Å². The van der Waals surface area contributed by atoms with Crippen molar-refractivity contribution in [2.45, 2.75) is 32.4 Å². The zero-order valence-corrected chi connectivity index (χ0v) is 16.3. The summed E-state index contributed by atoms with van der Waals surface area (Å²) in [6.45, 7) is 3.97. The van der Waals surface area contributed by atoms with Gasteiger partial charge in [0.1, 0.15) is 0 Å². The predicted octanol–water partition coefficient (Wildman–Crippen LogP) is 3.08. The molecule has 0 saturated carbocycles. The Hall–Kier alpha value is -2.86. The number of benzene rings is 2. The van der Waals surface area contributed by atoms with Gasteiger partial charge in [0.2, 0.25) is 0 Å². The fourth-order valence-corrected chi connectivity index (χ4v) is 3.00. The maximum Gasteiger partial charge on any atom is 0.334 e. The van der Waals surface area contributed by atoms with E-state index in [0.717, 1.165) is 11.1 Å². The molecule has 0 spiro atoms. The van der Waals surface area contributed by atoms with Gasteiger partial charge in [0.15, 0.2) is 6.10 Å². The number of rotatable bonds is 9. The van der Waals surface area contributed by atoms with Gasteiger partial charge < -0.3 is 20.4 Å². The van der Waals surface area contributed by atoms with Crippen LogP contribution in [-0.4, -0.2) is 46.3 Å². The highest BCUT2D eigenvalue weighted by Gasteiger charge is 2.25. The van der Waals surface area contributed by atoms with E-state index in [4.69, 9.17) is 5.11 Å². The molecular formula is C22H28N2O4. The molecule has 2 rings (SSSR count). The molecule has 2 amide bonds. The lowest BCUT2D eigenvalue weighted by atomic mass is 9.99. The van der Waals surface area contributed by atoms with E-state index in [9.17, 15) is 14.7 Å². The molecule has 0 aromatic heterocycles. The molecule has 0 aliphatic rings. The first kappa shape index (κ1) is 21.4. The molecule has 1 unspecified atom stereocenters. The number of amides is 2. The maximum absolute atomic E-state index is 12.9. The lowest BCUT2D eigenvalue weighted by molar-refractivity contribution is -0.147. The average molecular weight is 384 g/mol. The predicted molar refractivity (Wildman–Crippen MR) is 108 cm³/mol. The lowest BCUT2D eigenvalue weighted by Gasteiger charge is -2.29. The van der Waals surface area contributed by atoms with E-state index >= 15 is 0 Å². The van der Waals surface area contributed by atoms with E-state index in [0.29, 0.717) is 13.0 Å². The molecule has 0 fully saturated rings. The van der Waals surface area contributed by atoms with Crippen molar-refractivity contribution in [2.24, 2.45) is 5.92 Å². The van der Waals surface area contributed by atoms with Crippen molar-refractivity contribution in [3.05, 3.63) is 71.8 Å². The molecule has 2 aromatic rings. The standard InChI is InChI=1S/C22H28N2O4/c1-16(2)14-24(15-20(25)21(26)27)22(28)23-19(18-11-7-4-8-12-18)13-17-9-5-3-6-10-17/h3-12,16,19-20,25H,13-15H2,1-2H3,(H,23,28)(H,26,27)/t19-,20?/m0/s1. The number of nitrogens with one attached hydrogen (secondary N) is 1. The number of carboxylic acids is 1. The van der Waals surface area contributed by atoms with Gasteiger partial charge in [-0.05, 0) is 23.5 Å². The monoisotopic (exact) mass is 384 g/mol. The molecule has 0 bridgehead atoms. The van der Waals surface area contributed by atoms with Crippen LogP contribution in [0.5, 0.6) is 0 Å². The van der Waals surface area contributed by atoms with E-state index in [-0.39, 0.29) is 18.5 Å². The van der Waals surface area contributed by atoms with Crippen molar-refractivity contribution >= 4 is 12.0 Å². The fraction of sp³-hybridized carbons (Fsp3) is 0.364. The maximum atomic E-state index is 12.9. The van der Waals surface area contributed by atoms with Crippen LogP contribution in [0.15, 0.2) is 60.7 Å². The molecule has 0 heterocycles. The molecule has 0 aliphatic carbocycles. The summed E-state index contributed by atoms with van der Waals surface area (Å²) in [6.07, 6.45) is -1.01. The van der Waals surface area contributed by atoms with E-state index < -0.39 is 18.1 Å². The van der Waals surface area contributed by atoms with Gasteiger partial charge in [0, 0.05) is 6.54 Å². The van der Waals surface area contributed by atoms with Crippen LogP contribution in [0.3, 0.4) is 0 Å². The fourth-order valence-electron chi connectivity index (χ4n) is 3.00. The Morgan fingerprint density at radius 2 is 1.54 bits per heavy atom. The van der Waals surface area contributed by atoms with Gasteiger partial charge in [0.25, 0.3) is 0 Å². The molecule has 6 nitrogen and oxygen atoms in total. The minimum absolute atomic E-state index is 0.135. The first-order valence-corrected chi connectivity index (χ1v) is 9.42. The summed E-state index contributed by atoms with van der Waals surface area (Å²) < 4.78 is 0. The Balaban J connectivity index is 2.19. The number of hydrogen-bond donors (Lipinski definition) is 3. The largest absolute Gasteiger partial charge is 0.479 e. The van der Waals surface area contributed by atoms with Crippen LogP contribution in [0.4, 0.5) is 4.79 Å². The van der Waals surface area contributed by atoms with Gasteiger partial charge >= 0.3 is 12.0 Å². The molecule has 0 radical (unpaired) electrons. The highest BCUT2D eigenvalue weighted by molar-refractivity contribution is 5.77. The second kappa shape index (κ2) is 10.5. The number of aliphatic hydroxyl groups excluding tert-OH is 1. The normalized spacial score (nSPS) is 13.0. The quantitative estimate of drug-likeness (QED) is 0.620. The van der Waals surface area contributed by atoms with Crippen LogP contribution in [0.25, 0.3) is 0 Å². The third kappa shape index (κ3) is 6.70. The van der Waals surface area contributed by atoms with Crippen LogP contribution in [0.1, 0.15) is 31.0 Å². The van der Waals surface area contributed by atoms with Gasteiger partial charge in [-0.2, -0.15) is 0 Å². The number of carbonyl (C=O) groups is 2. The smallest absolute Gasteiger partial charge is 0.334 e. The van der Waals surface area contributed by atoms with Crippen molar-refractivity contribution in [1.29, 1.82) is 0 Å². The first-order valence-electron chi connectivity index (χ1n) is 9.42. The Bertz CT molecular complexity index is 750. The van der Waals surface area contributed by atoms with Crippen LogP contribution in [0.2, 0.25) is 0 Å². The summed E-state index contributed by atoms with van der Waals surface area (Å²) in [7, 11) is 0. The molecule has 150 valence electrons. The van der Waals surface area contributed by atoms with Crippen molar-refractivity contribution < 1.29 is 19.8 Å². The second-order valence-electron chi connectivity index (χ2n) is 7.26. The van der Waals surface area contributed by atoms with E-state index in [1.54, 1.807) is 0 Å². The highest BCUT2D eigenvalue weighted by atomic mass is 16.4. The minimum atomic E-state index is -1.62. The number of aliphatic carboxylic acids is 1. The lowest BCUT2D eigenvalue weighted by Crippen LogP contribution is -2.48. The van der Waals surface area contributed by atoms with Crippen LogP contribution < -0.4 is 5.32 Å². The summed E-state index contributed by atoms with van der Waals surface area (Å²) in [6, 6.07) is 18.8. The van der Waals surface area contributed by atoms with Crippen LogP contribution in [0, 0.1) is 5.92 Å². The molecule has 0 aliphatic heterocycles. The van der Waals surface area contributed by atoms with Gasteiger partial charge in [0.05, 0.1) is 12.6 Å². The van der Waals surface area contributed by atoms with E-state index in [1.807, 2.05) is 74.5 Å². The van der Waals surface area contributed by atoms with Crippen molar-refractivity contribution in [3.8, 4) is 0 Å². The zero-order valence-electron chi connectivity index (χ0n) is 16.3. The van der Waals surface area contributed by atoms with Crippen molar-refractivity contribution in [3.63, 3.8) is 0 Å². The minimum Gasteiger partial charge on any atom is -0.479 e. The van der Waals surface area contributed by atoms with Gasteiger partial charge in [-0.1, -0.05) is 74.5 Å².